The Kier molecular flexibility index (Phi) is 5.23. The van der Waals surface area contributed by atoms with E-state index in [-0.39, 0.29) is 0 Å². The van der Waals surface area contributed by atoms with Gasteiger partial charge in [0.15, 0.2) is 0 Å². The second kappa shape index (κ2) is 7.37. The summed E-state index contributed by atoms with van der Waals surface area (Å²) in [6.07, 6.45) is 7.37. The molecule has 0 aliphatic carbocycles. The summed E-state index contributed by atoms with van der Waals surface area (Å²) in [5, 5.41) is 1.59. The summed E-state index contributed by atoms with van der Waals surface area (Å²) in [5.41, 5.74) is 2.41. The predicted octanol–water partition coefficient (Wildman–Crippen LogP) is 0.0942. The van der Waals surface area contributed by atoms with Crippen LogP contribution in [0.1, 0.15) is 11.1 Å². The summed E-state index contributed by atoms with van der Waals surface area (Å²) in [4.78, 5) is 8.59. The monoisotopic (exact) mass is 442 g/mol. The number of aryl methyl sites for hydroxylation is 2. The van der Waals surface area contributed by atoms with Crippen LogP contribution in [-0.4, -0.2) is 47.9 Å². The van der Waals surface area contributed by atoms with Crippen molar-refractivity contribution in [2.24, 2.45) is 14.1 Å². The van der Waals surface area contributed by atoms with Crippen LogP contribution in [0.25, 0.3) is 0 Å². The topological polar surface area (TPSA) is 52.7 Å². The summed E-state index contributed by atoms with van der Waals surface area (Å²) in [6.45, 7) is 0. The first-order chi connectivity index (χ1) is 11.1. The van der Waals surface area contributed by atoms with E-state index in [0.717, 1.165) is 15.6 Å². The van der Waals surface area contributed by atoms with Crippen LogP contribution < -0.4 is 9.45 Å². The number of benzene rings is 1. The Bertz CT molecular complexity index is 825. The number of nitrogens with zero attached hydrogens (tertiary/aromatic N) is 4. The van der Waals surface area contributed by atoms with Crippen molar-refractivity contribution < 1.29 is 3.83 Å². The van der Waals surface area contributed by atoms with E-state index in [1.54, 1.807) is 6.20 Å². The Morgan fingerprint density at radius 1 is 1.09 bits per heavy atom. The summed E-state index contributed by atoms with van der Waals surface area (Å²) >= 11 is -1.83. The van der Waals surface area contributed by atoms with Gasteiger partial charge >= 0.3 is 146 Å². The summed E-state index contributed by atoms with van der Waals surface area (Å²) < 4.78 is 18.3. The van der Waals surface area contributed by atoms with E-state index >= 15 is 0 Å². The minimum atomic E-state index is -2.14. The van der Waals surface area contributed by atoms with Gasteiger partial charge in [-0.25, -0.2) is 0 Å². The maximum atomic E-state index is 12.5. The Hall–Kier alpha value is -1.52. The SMILES string of the molecule is Cn1ccnc1[Se]Cc1cccc(C[Se](=O)c2nccn2C)c1. The molecule has 0 aliphatic rings. The molecular weight excluding hydrogens is 422 g/mol. The van der Waals surface area contributed by atoms with Crippen molar-refractivity contribution in [3.05, 3.63) is 60.2 Å². The number of hydrogen-bond acceptors (Lipinski definition) is 3. The molecule has 0 aliphatic heterocycles. The van der Waals surface area contributed by atoms with Gasteiger partial charge in [0.2, 0.25) is 0 Å². The Balaban J connectivity index is 1.66. The van der Waals surface area contributed by atoms with Gasteiger partial charge in [-0.1, -0.05) is 0 Å². The molecule has 23 heavy (non-hydrogen) atoms. The first-order valence-corrected chi connectivity index (χ1v) is 12.0. The van der Waals surface area contributed by atoms with Crippen molar-refractivity contribution in [2.75, 3.05) is 0 Å². The van der Waals surface area contributed by atoms with Gasteiger partial charge in [-0.3, -0.25) is 0 Å². The second-order valence-electron chi connectivity index (χ2n) is 5.24. The molecule has 3 aromatic rings. The molecule has 1 unspecified atom stereocenters. The molecule has 1 aromatic carbocycles. The van der Waals surface area contributed by atoms with Gasteiger partial charge in [0.1, 0.15) is 0 Å². The Morgan fingerprint density at radius 2 is 1.83 bits per heavy atom. The summed E-state index contributed by atoms with van der Waals surface area (Å²) in [7, 11) is 3.92. The molecule has 0 bridgehead atoms. The van der Waals surface area contributed by atoms with Crippen LogP contribution in [0, 0.1) is 0 Å². The Morgan fingerprint density at radius 3 is 2.52 bits per heavy atom. The van der Waals surface area contributed by atoms with Crippen molar-refractivity contribution in [3.63, 3.8) is 0 Å². The zero-order chi connectivity index (χ0) is 16.2. The molecule has 5 nitrogen and oxygen atoms in total. The maximum absolute atomic E-state index is 12.5. The average molecular weight is 440 g/mol. The van der Waals surface area contributed by atoms with Crippen LogP contribution in [-0.2, 0) is 28.6 Å². The molecule has 0 fully saturated rings. The third-order valence-electron chi connectivity index (χ3n) is 3.41. The average Bonchev–Trinajstić information content (AvgIpc) is 3.14. The third-order valence-corrected chi connectivity index (χ3v) is 8.71. The van der Waals surface area contributed by atoms with Crippen molar-refractivity contribution in [1.82, 2.24) is 19.1 Å². The van der Waals surface area contributed by atoms with Crippen LogP contribution in [0.4, 0.5) is 0 Å². The van der Waals surface area contributed by atoms with E-state index in [4.69, 9.17) is 0 Å². The predicted molar refractivity (Wildman–Crippen MR) is 91.7 cm³/mol. The molecule has 0 radical (unpaired) electrons. The second-order valence-corrected chi connectivity index (χ2v) is 10.0. The fourth-order valence-electron chi connectivity index (χ4n) is 2.24. The van der Waals surface area contributed by atoms with Crippen LogP contribution in [0.3, 0.4) is 0 Å². The number of aromatic nitrogens is 4. The van der Waals surface area contributed by atoms with Crippen molar-refractivity contribution >= 4 is 38.2 Å². The number of hydrogen-bond donors (Lipinski definition) is 0. The van der Waals surface area contributed by atoms with Crippen LogP contribution in [0.5, 0.6) is 0 Å². The van der Waals surface area contributed by atoms with Crippen LogP contribution in [0.2, 0.25) is 0 Å². The van der Waals surface area contributed by atoms with E-state index in [2.05, 4.69) is 38.8 Å². The number of imidazole rings is 2. The summed E-state index contributed by atoms with van der Waals surface area (Å²) in [6, 6.07) is 8.40. The molecule has 0 saturated carbocycles. The molecular formula is C16H18N4OSe2. The fourth-order valence-corrected chi connectivity index (χ4v) is 6.53. The van der Waals surface area contributed by atoms with Crippen molar-refractivity contribution in [1.29, 1.82) is 0 Å². The van der Waals surface area contributed by atoms with Crippen molar-refractivity contribution in [3.8, 4) is 0 Å². The molecule has 0 amide bonds. The fraction of sp³-hybridized carbons (Fsp3) is 0.250. The van der Waals surface area contributed by atoms with Gasteiger partial charge in [-0.05, 0) is 0 Å². The molecule has 7 heteroatoms. The molecule has 2 heterocycles. The molecule has 0 spiro atoms. The van der Waals surface area contributed by atoms with Crippen molar-refractivity contribution in [2.45, 2.75) is 10.6 Å². The van der Waals surface area contributed by atoms with E-state index in [1.807, 2.05) is 37.3 Å². The molecule has 0 N–H and O–H groups in total. The quantitative estimate of drug-likeness (QED) is 0.511. The normalized spacial score (nSPS) is 12.4. The summed E-state index contributed by atoms with van der Waals surface area (Å²) in [5.74, 6) is 0. The first-order valence-electron chi connectivity index (χ1n) is 7.17. The van der Waals surface area contributed by atoms with E-state index in [1.165, 1.54) is 5.56 Å². The minimum absolute atomic E-state index is 0.309. The van der Waals surface area contributed by atoms with E-state index in [9.17, 15) is 3.83 Å². The van der Waals surface area contributed by atoms with Gasteiger partial charge in [-0.2, -0.15) is 0 Å². The van der Waals surface area contributed by atoms with Gasteiger partial charge in [0.05, 0.1) is 0 Å². The van der Waals surface area contributed by atoms with Gasteiger partial charge in [0.25, 0.3) is 0 Å². The first kappa shape index (κ1) is 16.3. The van der Waals surface area contributed by atoms with Crippen LogP contribution >= 0.6 is 0 Å². The molecule has 120 valence electrons. The molecule has 1 atom stereocenters. The zero-order valence-electron chi connectivity index (χ0n) is 13.0. The number of rotatable bonds is 6. The van der Waals surface area contributed by atoms with Gasteiger partial charge in [-0.15, -0.1) is 0 Å². The molecule has 0 saturated heterocycles. The zero-order valence-corrected chi connectivity index (χ0v) is 16.5. The van der Waals surface area contributed by atoms with E-state index in [0.29, 0.717) is 25.0 Å². The standard InChI is InChI=1S/C16H18N4OSe2/c1-19-8-6-17-15(19)22-11-13-4-3-5-14(10-13)12-23(21)16-18-7-9-20(16)2/h3-10H,11-12H2,1-2H3. The van der Waals surface area contributed by atoms with Gasteiger partial charge < -0.3 is 0 Å². The Labute approximate surface area is 146 Å². The molecule has 3 rings (SSSR count). The van der Waals surface area contributed by atoms with Gasteiger partial charge in [0, 0.05) is 0 Å². The van der Waals surface area contributed by atoms with E-state index < -0.39 is 13.8 Å². The van der Waals surface area contributed by atoms with Crippen LogP contribution in [0.15, 0.2) is 49.1 Å². The third kappa shape index (κ3) is 4.06. The molecule has 2 aromatic heterocycles.